The minimum absolute atomic E-state index is 0.0508. The molecule has 1 aliphatic rings. The van der Waals surface area contributed by atoms with Crippen LogP contribution in [0.25, 0.3) is 0 Å². The molecule has 0 radical (unpaired) electrons. The van der Waals surface area contributed by atoms with Crippen molar-refractivity contribution in [2.24, 2.45) is 11.7 Å². The summed E-state index contributed by atoms with van der Waals surface area (Å²) in [7, 11) is 0. The number of hydrogen-bond donors (Lipinski definition) is 2. The van der Waals surface area contributed by atoms with Gasteiger partial charge in [0.15, 0.2) is 0 Å². The standard InChI is InChI=1S/C10H11ClF2N2O/c11-8-2-1-6(13)9(15-8)10(14,4-12)5-3-7(5)16/h1-2,5,7,16H,3-4,14H2. The second-order valence-corrected chi connectivity index (χ2v) is 4.44. The van der Waals surface area contributed by atoms with Crippen LogP contribution in [0.5, 0.6) is 0 Å². The van der Waals surface area contributed by atoms with Crippen molar-refractivity contribution >= 4 is 11.6 Å². The average molecular weight is 249 g/mol. The molecule has 16 heavy (non-hydrogen) atoms. The van der Waals surface area contributed by atoms with E-state index in [9.17, 15) is 13.9 Å². The Labute approximate surface area is 96.2 Å². The van der Waals surface area contributed by atoms with Crippen LogP contribution >= 0.6 is 11.6 Å². The lowest BCUT2D eigenvalue weighted by atomic mass is 9.91. The molecular weight excluding hydrogens is 238 g/mol. The maximum absolute atomic E-state index is 13.5. The summed E-state index contributed by atoms with van der Waals surface area (Å²) in [6, 6.07) is 2.36. The lowest BCUT2D eigenvalue weighted by Crippen LogP contribution is -2.44. The van der Waals surface area contributed by atoms with Gasteiger partial charge in [0.05, 0.1) is 11.6 Å². The number of nitrogens with zero attached hydrogens (tertiary/aromatic N) is 1. The van der Waals surface area contributed by atoms with Gasteiger partial charge in [0.2, 0.25) is 0 Å². The zero-order chi connectivity index (χ0) is 11.9. The van der Waals surface area contributed by atoms with Crippen molar-refractivity contribution in [3.63, 3.8) is 0 Å². The normalized spacial score (nSPS) is 27.6. The molecule has 2 rings (SSSR count). The van der Waals surface area contributed by atoms with E-state index in [4.69, 9.17) is 17.3 Å². The first-order valence-corrected chi connectivity index (χ1v) is 5.22. The first kappa shape index (κ1) is 11.7. The van der Waals surface area contributed by atoms with Crippen LogP contribution in [-0.4, -0.2) is 22.9 Å². The minimum atomic E-state index is -1.59. The van der Waals surface area contributed by atoms with Gasteiger partial charge in [-0.3, -0.25) is 0 Å². The molecule has 88 valence electrons. The monoisotopic (exact) mass is 248 g/mol. The average Bonchev–Trinajstić information content (AvgIpc) is 2.99. The highest BCUT2D eigenvalue weighted by Gasteiger charge is 2.53. The molecule has 0 amide bonds. The molecule has 3 nitrogen and oxygen atoms in total. The van der Waals surface area contributed by atoms with Gasteiger partial charge in [-0.05, 0) is 18.6 Å². The lowest BCUT2D eigenvalue weighted by molar-refractivity contribution is 0.191. The highest BCUT2D eigenvalue weighted by atomic mass is 35.5. The molecule has 6 heteroatoms. The second-order valence-electron chi connectivity index (χ2n) is 4.05. The fraction of sp³-hybridized carbons (Fsp3) is 0.500. The number of rotatable bonds is 3. The van der Waals surface area contributed by atoms with Crippen LogP contribution in [0, 0.1) is 11.7 Å². The molecule has 0 bridgehead atoms. The quantitative estimate of drug-likeness (QED) is 0.795. The van der Waals surface area contributed by atoms with Crippen molar-refractivity contribution in [3.8, 4) is 0 Å². The molecule has 1 fully saturated rings. The maximum Gasteiger partial charge on any atom is 0.146 e. The van der Waals surface area contributed by atoms with Crippen LogP contribution in [0.3, 0.4) is 0 Å². The van der Waals surface area contributed by atoms with Gasteiger partial charge in [-0.15, -0.1) is 0 Å². The van der Waals surface area contributed by atoms with E-state index < -0.39 is 30.1 Å². The fourth-order valence-corrected chi connectivity index (χ4v) is 1.97. The number of aliphatic hydroxyl groups excluding tert-OH is 1. The van der Waals surface area contributed by atoms with Crippen LogP contribution < -0.4 is 5.73 Å². The Morgan fingerprint density at radius 3 is 2.75 bits per heavy atom. The van der Waals surface area contributed by atoms with Crippen LogP contribution in [0.1, 0.15) is 12.1 Å². The summed E-state index contributed by atoms with van der Waals surface area (Å²) in [6.07, 6.45) is -0.338. The topological polar surface area (TPSA) is 59.1 Å². The molecule has 3 unspecified atom stereocenters. The van der Waals surface area contributed by atoms with Crippen molar-refractivity contribution in [2.75, 3.05) is 6.67 Å². The van der Waals surface area contributed by atoms with Crippen molar-refractivity contribution in [2.45, 2.75) is 18.1 Å². The van der Waals surface area contributed by atoms with Crippen molar-refractivity contribution in [3.05, 3.63) is 28.8 Å². The lowest BCUT2D eigenvalue weighted by Gasteiger charge is -2.26. The van der Waals surface area contributed by atoms with Gasteiger partial charge >= 0.3 is 0 Å². The first-order valence-electron chi connectivity index (χ1n) is 4.84. The highest BCUT2D eigenvalue weighted by molar-refractivity contribution is 6.29. The van der Waals surface area contributed by atoms with Gasteiger partial charge < -0.3 is 10.8 Å². The third-order valence-electron chi connectivity index (χ3n) is 2.89. The molecule has 1 aromatic rings. The van der Waals surface area contributed by atoms with E-state index in [-0.39, 0.29) is 10.8 Å². The van der Waals surface area contributed by atoms with E-state index in [1.165, 1.54) is 6.07 Å². The molecule has 0 aromatic carbocycles. The number of halogens is 3. The van der Waals surface area contributed by atoms with Gasteiger partial charge in [0.25, 0.3) is 0 Å². The maximum atomic E-state index is 13.5. The Hall–Kier alpha value is -0.780. The Balaban J connectivity index is 2.43. The summed E-state index contributed by atoms with van der Waals surface area (Å²) < 4.78 is 26.5. The number of hydrogen-bond acceptors (Lipinski definition) is 3. The van der Waals surface area contributed by atoms with Gasteiger partial charge in [-0.2, -0.15) is 0 Å². The number of aliphatic hydroxyl groups is 1. The Morgan fingerprint density at radius 1 is 1.62 bits per heavy atom. The molecule has 1 saturated carbocycles. The van der Waals surface area contributed by atoms with Crippen molar-refractivity contribution < 1.29 is 13.9 Å². The van der Waals surface area contributed by atoms with E-state index in [2.05, 4.69) is 4.98 Å². The van der Waals surface area contributed by atoms with Crippen LogP contribution in [0.15, 0.2) is 12.1 Å². The number of nitrogens with two attached hydrogens (primary N) is 1. The summed E-state index contributed by atoms with van der Waals surface area (Å²) in [4.78, 5) is 3.73. The minimum Gasteiger partial charge on any atom is -0.393 e. The Bertz CT molecular complexity index is 418. The molecule has 1 aromatic heterocycles. The van der Waals surface area contributed by atoms with E-state index >= 15 is 0 Å². The molecule has 3 atom stereocenters. The summed E-state index contributed by atoms with van der Waals surface area (Å²) in [5.41, 5.74) is 3.98. The predicted molar refractivity (Wildman–Crippen MR) is 55.2 cm³/mol. The molecule has 1 aliphatic carbocycles. The number of aromatic nitrogens is 1. The number of pyridine rings is 1. The smallest absolute Gasteiger partial charge is 0.146 e. The summed E-state index contributed by atoms with van der Waals surface area (Å²) in [5, 5.41) is 9.34. The van der Waals surface area contributed by atoms with Crippen LogP contribution in [0.2, 0.25) is 5.15 Å². The largest absolute Gasteiger partial charge is 0.393 e. The van der Waals surface area contributed by atoms with Crippen molar-refractivity contribution in [1.29, 1.82) is 0 Å². The third-order valence-corrected chi connectivity index (χ3v) is 3.10. The summed E-state index contributed by atoms with van der Waals surface area (Å²) >= 11 is 5.62. The molecule has 0 saturated heterocycles. The zero-order valence-electron chi connectivity index (χ0n) is 8.33. The van der Waals surface area contributed by atoms with E-state index in [1.807, 2.05) is 0 Å². The van der Waals surface area contributed by atoms with Crippen LogP contribution in [-0.2, 0) is 5.54 Å². The van der Waals surface area contributed by atoms with E-state index in [0.717, 1.165) is 6.07 Å². The van der Waals surface area contributed by atoms with Gasteiger partial charge in [0, 0.05) is 5.92 Å². The zero-order valence-corrected chi connectivity index (χ0v) is 9.09. The molecular formula is C10H11ClF2N2O. The molecule has 1 heterocycles. The van der Waals surface area contributed by atoms with Gasteiger partial charge in [-0.1, -0.05) is 11.6 Å². The third kappa shape index (κ3) is 1.79. The Kier molecular flexibility index (Phi) is 2.86. The first-order chi connectivity index (χ1) is 7.49. The summed E-state index contributed by atoms with van der Waals surface area (Å²) in [6.45, 7) is -0.987. The SMILES string of the molecule is NC(CF)(c1nc(Cl)ccc1F)C1CC1O. The van der Waals surface area contributed by atoms with Crippen LogP contribution in [0.4, 0.5) is 8.78 Å². The van der Waals surface area contributed by atoms with E-state index in [0.29, 0.717) is 6.42 Å². The fourth-order valence-electron chi connectivity index (χ4n) is 1.82. The highest BCUT2D eigenvalue weighted by Crippen LogP contribution is 2.44. The van der Waals surface area contributed by atoms with Gasteiger partial charge in [0.1, 0.15) is 23.3 Å². The Morgan fingerprint density at radius 2 is 2.25 bits per heavy atom. The van der Waals surface area contributed by atoms with Gasteiger partial charge in [-0.25, -0.2) is 13.8 Å². The molecule has 0 spiro atoms. The van der Waals surface area contributed by atoms with E-state index in [1.54, 1.807) is 0 Å². The predicted octanol–water partition coefficient (Wildman–Crippen LogP) is 1.38. The van der Waals surface area contributed by atoms with Crippen molar-refractivity contribution in [1.82, 2.24) is 4.98 Å². The summed E-state index contributed by atoms with van der Waals surface area (Å²) in [5.74, 6) is -1.21. The molecule has 3 N–H and O–H groups in total. The second kappa shape index (κ2) is 3.91. The number of alkyl halides is 1. The molecule has 0 aliphatic heterocycles.